The number of nitrogens with zero attached hydrogens (tertiary/aromatic N) is 1. The molecule has 7 nitrogen and oxygen atoms in total. The summed E-state index contributed by atoms with van der Waals surface area (Å²) in [6.07, 6.45) is 0. The molecule has 150 valence electrons. The second-order valence-corrected chi connectivity index (χ2v) is 8.04. The minimum absolute atomic E-state index is 0.144. The molecule has 0 bridgehead atoms. The number of benzene rings is 2. The minimum Gasteiger partial charge on any atom is -0.492 e. The highest BCUT2D eigenvalue weighted by Crippen LogP contribution is 2.17. The lowest BCUT2D eigenvalue weighted by molar-refractivity contribution is 0.0730. The number of morpholine rings is 1. The van der Waals surface area contributed by atoms with Gasteiger partial charge in [-0.3, -0.25) is 4.79 Å². The molecular formula is C19H21FN2O5S. The minimum atomic E-state index is -3.58. The van der Waals surface area contributed by atoms with Crippen molar-refractivity contribution >= 4 is 15.9 Å². The number of amides is 1. The molecule has 9 heteroatoms. The van der Waals surface area contributed by atoms with E-state index in [1.165, 1.54) is 52.8 Å². The van der Waals surface area contributed by atoms with Crippen LogP contribution in [0.3, 0.4) is 0 Å². The summed E-state index contributed by atoms with van der Waals surface area (Å²) in [7, 11) is -3.58. The number of halogens is 1. The molecule has 0 aromatic heterocycles. The number of rotatable bonds is 7. The van der Waals surface area contributed by atoms with E-state index in [1.807, 2.05) is 0 Å². The fraction of sp³-hybridized carbons (Fsp3) is 0.316. The zero-order valence-corrected chi connectivity index (χ0v) is 16.0. The fourth-order valence-electron chi connectivity index (χ4n) is 2.68. The van der Waals surface area contributed by atoms with Crippen LogP contribution in [0.25, 0.3) is 0 Å². The monoisotopic (exact) mass is 408 g/mol. The molecule has 0 spiro atoms. The Kier molecular flexibility index (Phi) is 6.61. The Morgan fingerprint density at radius 1 is 1.07 bits per heavy atom. The van der Waals surface area contributed by atoms with Gasteiger partial charge in [0.15, 0.2) is 0 Å². The van der Waals surface area contributed by atoms with Crippen LogP contribution < -0.4 is 10.1 Å². The average molecular weight is 408 g/mol. The number of carbonyl (C=O) groups is 1. The third-order valence-corrected chi connectivity index (χ3v) is 6.11. The van der Waals surface area contributed by atoms with Crippen LogP contribution in [0.4, 0.5) is 4.39 Å². The van der Waals surface area contributed by atoms with E-state index in [-0.39, 0.29) is 29.8 Å². The smallest absolute Gasteiger partial charge is 0.251 e. The van der Waals surface area contributed by atoms with Gasteiger partial charge >= 0.3 is 0 Å². The summed E-state index contributed by atoms with van der Waals surface area (Å²) in [5, 5.41) is 2.69. The molecule has 0 atom stereocenters. The zero-order valence-electron chi connectivity index (χ0n) is 15.1. The lowest BCUT2D eigenvalue weighted by atomic mass is 10.2. The summed E-state index contributed by atoms with van der Waals surface area (Å²) >= 11 is 0. The molecule has 1 aliphatic heterocycles. The molecule has 1 fully saturated rings. The van der Waals surface area contributed by atoms with Crippen molar-refractivity contribution in [3.05, 3.63) is 59.9 Å². The lowest BCUT2D eigenvalue weighted by Crippen LogP contribution is -2.40. The first kappa shape index (κ1) is 20.2. The van der Waals surface area contributed by atoms with Crippen molar-refractivity contribution in [3.63, 3.8) is 0 Å². The normalized spacial score (nSPS) is 15.2. The second kappa shape index (κ2) is 9.13. The van der Waals surface area contributed by atoms with Crippen molar-refractivity contribution in [1.82, 2.24) is 9.62 Å². The van der Waals surface area contributed by atoms with Crippen molar-refractivity contribution in [1.29, 1.82) is 0 Å². The maximum absolute atomic E-state index is 12.8. The molecular weight excluding hydrogens is 387 g/mol. The van der Waals surface area contributed by atoms with Crippen molar-refractivity contribution in [3.8, 4) is 5.75 Å². The lowest BCUT2D eigenvalue weighted by Gasteiger charge is -2.26. The molecule has 0 saturated carbocycles. The van der Waals surface area contributed by atoms with E-state index >= 15 is 0 Å². The molecule has 0 unspecified atom stereocenters. The average Bonchev–Trinajstić information content (AvgIpc) is 2.73. The molecule has 0 aliphatic carbocycles. The summed E-state index contributed by atoms with van der Waals surface area (Å²) in [6, 6.07) is 11.4. The van der Waals surface area contributed by atoms with Crippen molar-refractivity contribution in [2.24, 2.45) is 0 Å². The van der Waals surface area contributed by atoms with E-state index in [2.05, 4.69) is 5.32 Å². The van der Waals surface area contributed by atoms with E-state index in [4.69, 9.17) is 9.47 Å². The van der Waals surface area contributed by atoms with Gasteiger partial charge in [-0.05, 0) is 48.5 Å². The highest BCUT2D eigenvalue weighted by molar-refractivity contribution is 7.89. The summed E-state index contributed by atoms with van der Waals surface area (Å²) in [5.41, 5.74) is 0.350. The molecule has 1 aliphatic rings. The van der Waals surface area contributed by atoms with E-state index in [9.17, 15) is 17.6 Å². The molecule has 1 amide bonds. The first-order valence-electron chi connectivity index (χ1n) is 8.81. The van der Waals surface area contributed by atoms with Gasteiger partial charge in [0.05, 0.1) is 24.7 Å². The first-order valence-corrected chi connectivity index (χ1v) is 10.3. The molecule has 1 saturated heterocycles. The standard InChI is InChI=1S/C19H21FN2O5S/c20-16-3-5-17(6-4-16)27-12-9-21-19(23)15-1-7-18(8-2-15)28(24,25)22-10-13-26-14-11-22/h1-8H,9-14H2,(H,21,23). The van der Waals surface area contributed by atoms with E-state index in [0.29, 0.717) is 37.6 Å². The van der Waals surface area contributed by atoms with Crippen molar-refractivity contribution < 1.29 is 27.1 Å². The summed E-state index contributed by atoms with van der Waals surface area (Å²) in [4.78, 5) is 12.3. The topological polar surface area (TPSA) is 84.9 Å². The van der Waals surface area contributed by atoms with Crippen LogP contribution in [0.15, 0.2) is 53.4 Å². The Balaban J connectivity index is 1.51. The largest absolute Gasteiger partial charge is 0.492 e. The molecule has 2 aromatic carbocycles. The number of nitrogens with one attached hydrogen (secondary N) is 1. The molecule has 3 rings (SSSR count). The molecule has 0 radical (unpaired) electrons. The van der Waals surface area contributed by atoms with Crippen LogP contribution in [-0.4, -0.2) is 58.1 Å². The van der Waals surface area contributed by atoms with Gasteiger partial charge in [0.1, 0.15) is 18.2 Å². The van der Waals surface area contributed by atoms with Crippen molar-refractivity contribution in [2.75, 3.05) is 39.5 Å². The third kappa shape index (κ3) is 5.06. The predicted molar refractivity (Wildman–Crippen MR) is 100 cm³/mol. The Labute approximate surface area is 163 Å². The van der Waals surface area contributed by atoms with Gasteiger partial charge in [0, 0.05) is 18.7 Å². The van der Waals surface area contributed by atoms with Gasteiger partial charge in [-0.2, -0.15) is 4.31 Å². The van der Waals surface area contributed by atoms with E-state index in [1.54, 1.807) is 0 Å². The van der Waals surface area contributed by atoms with E-state index in [0.717, 1.165) is 0 Å². The Morgan fingerprint density at radius 3 is 2.36 bits per heavy atom. The van der Waals surface area contributed by atoms with Crippen LogP contribution in [0.5, 0.6) is 5.75 Å². The quantitative estimate of drug-likeness (QED) is 0.705. The summed E-state index contributed by atoms with van der Waals surface area (Å²) < 4.78 is 49.9. The highest BCUT2D eigenvalue weighted by Gasteiger charge is 2.26. The number of ether oxygens (including phenoxy) is 2. The second-order valence-electron chi connectivity index (χ2n) is 6.10. The van der Waals surface area contributed by atoms with Gasteiger partial charge in [0.2, 0.25) is 10.0 Å². The Morgan fingerprint density at radius 2 is 1.71 bits per heavy atom. The number of hydrogen-bond donors (Lipinski definition) is 1. The van der Waals surface area contributed by atoms with E-state index < -0.39 is 10.0 Å². The third-order valence-electron chi connectivity index (χ3n) is 4.19. The van der Waals surface area contributed by atoms with Crippen LogP contribution >= 0.6 is 0 Å². The Bertz CT molecular complexity index is 895. The molecule has 2 aromatic rings. The van der Waals surface area contributed by atoms with Gasteiger partial charge in [-0.25, -0.2) is 12.8 Å². The van der Waals surface area contributed by atoms with Crippen LogP contribution in [0.2, 0.25) is 0 Å². The molecule has 1 N–H and O–H groups in total. The summed E-state index contributed by atoms with van der Waals surface area (Å²) in [6.45, 7) is 1.86. The van der Waals surface area contributed by atoms with Crippen LogP contribution in [0.1, 0.15) is 10.4 Å². The summed E-state index contributed by atoms with van der Waals surface area (Å²) in [5.74, 6) is -0.175. The zero-order chi connectivity index (χ0) is 20.0. The Hall–Kier alpha value is -2.49. The maximum atomic E-state index is 12.8. The first-order chi connectivity index (χ1) is 13.5. The number of sulfonamides is 1. The molecule has 1 heterocycles. The number of carbonyl (C=O) groups excluding carboxylic acids is 1. The van der Waals surface area contributed by atoms with Crippen LogP contribution in [0, 0.1) is 5.82 Å². The highest BCUT2D eigenvalue weighted by atomic mass is 32.2. The van der Waals surface area contributed by atoms with Gasteiger partial charge < -0.3 is 14.8 Å². The van der Waals surface area contributed by atoms with Gasteiger partial charge in [-0.15, -0.1) is 0 Å². The van der Waals surface area contributed by atoms with Gasteiger partial charge in [0.25, 0.3) is 5.91 Å². The molecule has 28 heavy (non-hydrogen) atoms. The fourth-order valence-corrected chi connectivity index (χ4v) is 4.09. The number of hydrogen-bond acceptors (Lipinski definition) is 5. The maximum Gasteiger partial charge on any atom is 0.251 e. The van der Waals surface area contributed by atoms with Crippen molar-refractivity contribution in [2.45, 2.75) is 4.90 Å². The SMILES string of the molecule is O=C(NCCOc1ccc(F)cc1)c1ccc(S(=O)(=O)N2CCOCC2)cc1. The van der Waals surface area contributed by atoms with Gasteiger partial charge in [-0.1, -0.05) is 0 Å². The van der Waals surface area contributed by atoms with Crippen LogP contribution in [-0.2, 0) is 14.8 Å². The predicted octanol–water partition coefficient (Wildman–Crippen LogP) is 1.66.